The normalized spacial score (nSPS) is 9.53. The summed E-state index contributed by atoms with van der Waals surface area (Å²) in [7, 11) is 0. The predicted molar refractivity (Wildman–Crippen MR) is 67.8 cm³/mol. The molecule has 0 aromatic carbocycles. The monoisotopic (exact) mass is 301 g/mol. The van der Waals surface area contributed by atoms with Crippen LogP contribution in [0.15, 0.2) is 12.3 Å². The maximum Gasteiger partial charge on any atom is 0.340 e. The van der Waals surface area contributed by atoms with Crippen LogP contribution >= 0.6 is 23.2 Å². The number of pyridine rings is 1. The van der Waals surface area contributed by atoms with Crippen molar-refractivity contribution in [1.82, 2.24) is 10.3 Å². The molecule has 8 heteroatoms. The van der Waals surface area contributed by atoms with Gasteiger partial charge < -0.3 is 10.1 Å². The van der Waals surface area contributed by atoms with Gasteiger partial charge in [-0.3, -0.25) is 4.79 Å². The molecule has 6 nitrogen and oxygen atoms in total. The first-order valence-corrected chi connectivity index (χ1v) is 5.92. The topological polar surface area (TPSA) is 92.1 Å². The Bertz CT molecular complexity index is 528. The highest BCUT2D eigenvalue weighted by Gasteiger charge is 2.12. The molecule has 0 radical (unpaired) electrons. The number of hydrogen-bond acceptors (Lipinski definition) is 5. The standard InChI is InChI=1S/C11H9Cl2N3O3/c12-8-4-7(5-16-10(8)13)11(18)19-6-9(17)15-3-1-2-14/h4-5H,1,3,6H2,(H,15,17). The Morgan fingerprint density at radius 1 is 1.47 bits per heavy atom. The number of halogens is 2. The highest BCUT2D eigenvalue weighted by Crippen LogP contribution is 2.19. The lowest BCUT2D eigenvalue weighted by atomic mass is 10.3. The Kier molecular flexibility index (Phi) is 6.06. The number of esters is 1. The first-order chi connectivity index (χ1) is 9.04. The lowest BCUT2D eigenvalue weighted by Gasteiger charge is -2.05. The van der Waals surface area contributed by atoms with E-state index in [4.69, 9.17) is 33.2 Å². The van der Waals surface area contributed by atoms with Crippen LogP contribution in [-0.4, -0.2) is 30.0 Å². The number of ether oxygens (including phenoxy) is 1. The van der Waals surface area contributed by atoms with Gasteiger partial charge in [-0.25, -0.2) is 9.78 Å². The zero-order chi connectivity index (χ0) is 14.3. The van der Waals surface area contributed by atoms with Gasteiger partial charge in [0.15, 0.2) is 6.61 Å². The van der Waals surface area contributed by atoms with Crippen LogP contribution in [0.3, 0.4) is 0 Å². The Hall–Kier alpha value is -1.84. The molecule has 0 aliphatic rings. The van der Waals surface area contributed by atoms with Gasteiger partial charge in [0, 0.05) is 12.7 Å². The molecule has 1 rings (SSSR count). The van der Waals surface area contributed by atoms with Crippen molar-refractivity contribution in [2.24, 2.45) is 0 Å². The van der Waals surface area contributed by atoms with Crippen molar-refractivity contribution >= 4 is 35.1 Å². The van der Waals surface area contributed by atoms with Crippen LogP contribution in [-0.2, 0) is 9.53 Å². The van der Waals surface area contributed by atoms with Crippen LogP contribution in [0, 0.1) is 11.3 Å². The molecule has 100 valence electrons. The number of nitrogens with zero attached hydrogens (tertiary/aromatic N) is 2. The van der Waals surface area contributed by atoms with Crippen LogP contribution in [0.2, 0.25) is 10.2 Å². The van der Waals surface area contributed by atoms with Crippen molar-refractivity contribution in [2.45, 2.75) is 6.42 Å². The van der Waals surface area contributed by atoms with Crippen molar-refractivity contribution in [2.75, 3.05) is 13.2 Å². The third kappa shape index (κ3) is 5.12. The number of rotatable bonds is 5. The highest BCUT2D eigenvalue weighted by molar-refractivity contribution is 6.41. The molecule has 1 heterocycles. The zero-order valence-corrected chi connectivity index (χ0v) is 11.2. The Balaban J connectivity index is 2.45. The van der Waals surface area contributed by atoms with Crippen molar-refractivity contribution < 1.29 is 14.3 Å². The van der Waals surface area contributed by atoms with Gasteiger partial charge in [0.2, 0.25) is 0 Å². The number of carbonyl (C=O) groups is 2. The number of nitriles is 1. The van der Waals surface area contributed by atoms with Crippen LogP contribution in [0.4, 0.5) is 0 Å². The Morgan fingerprint density at radius 2 is 2.21 bits per heavy atom. The number of amides is 1. The second-order valence-electron chi connectivity index (χ2n) is 3.33. The molecule has 0 aliphatic heterocycles. The van der Waals surface area contributed by atoms with Crippen molar-refractivity contribution in [3.8, 4) is 6.07 Å². The highest BCUT2D eigenvalue weighted by atomic mass is 35.5. The molecule has 1 N–H and O–H groups in total. The van der Waals surface area contributed by atoms with E-state index in [0.717, 1.165) is 0 Å². The van der Waals surface area contributed by atoms with Crippen LogP contribution < -0.4 is 5.32 Å². The molecular formula is C11H9Cl2N3O3. The summed E-state index contributed by atoms with van der Waals surface area (Å²) in [6.07, 6.45) is 1.39. The van der Waals surface area contributed by atoms with E-state index in [1.54, 1.807) is 0 Å². The van der Waals surface area contributed by atoms with Crippen molar-refractivity contribution in [3.63, 3.8) is 0 Å². The van der Waals surface area contributed by atoms with E-state index in [9.17, 15) is 9.59 Å². The van der Waals surface area contributed by atoms with Crippen LogP contribution in [0.25, 0.3) is 0 Å². The molecule has 0 fully saturated rings. The number of aromatic nitrogens is 1. The Labute approximate surface area is 119 Å². The van der Waals surface area contributed by atoms with Crippen LogP contribution in [0.1, 0.15) is 16.8 Å². The van der Waals surface area contributed by atoms with Gasteiger partial charge in [-0.1, -0.05) is 23.2 Å². The zero-order valence-electron chi connectivity index (χ0n) is 9.65. The third-order valence-corrected chi connectivity index (χ3v) is 2.61. The molecule has 1 aromatic heterocycles. The molecule has 0 unspecified atom stereocenters. The SMILES string of the molecule is N#CCCNC(=O)COC(=O)c1cnc(Cl)c(Cl)c1. The summed E-state index contributed by atoms with van der Waals surface area (Å²) >= 11 is 11.3. The second-order valence-corrected chi connectivity index (χ2v) is 4.10. The smallest absolute Gasteiger partial charge is 0.340 e. The largest absolute Gasteiger partial charge is 0.452 e. The molecule has 0 aliphatic carbocycles. The second kappa shape index (κ2) is 7.56. The fourth-order valence-electron chi connectivity index (χ4n) is 1.06. The van der Waals surface area contributed by atoms with Gasteiger partial charge in [0.25, 0.3) is 5.91 Å². The maximum atomic E-state index is 11.5. The van der Waals surface area contributed by atoms with Crippen molar-refractivity contribution in [3.05, 3.63) is 28.0 Å². The van der Waals surface area contributed by atoms with Gasteiger partial charge in [-0.2, -0.15) is 5.26 Å². The summed E-state index contributed by atoms with van der Waals surface area (Å²) in [5.41, 5.74) is 0.0965. The number of carbonyl (C=O) groups excluding carboxylic acids is 2. The van der Waals surface area contributed by atoms with Gasteiger partial charge >= 0.3 is 5.97 Å². The first-order valence-electron chi connectivity index (χ1n) is 5.16. The summed E-state index contributed by atoms with van der Waals surface area (Å²) in [6, 6.07) is 3.17. The first kappa shape index (κ1) is 15.2. The van der Waals surface area contributed by atoms with E-state index in [-0.39, 0.29) is 28.7 Å². The molecule has 0 saturated heterocycles. The van der Waals surface area contributed by atoms with E-state index in [0.29, 0.717) is 0 Å². The molecule has 0 bridgehead atoms. The summed E-state index contributed by atoms with van der Waals surface area (Å²) in [6.45, 7) is -0.230. The summed E-state index contributed by atoms with van der Waals surface area (Å²) < 4.78 is 4.74. The van der Waals surface area contributed by atoms with Gasteiger partial charge in [0.05, 0.1) is 23.1 Å². The van der Waals surface area contributed by atoms with E-state index >= 15 is 0 Å². The molecule has 1 aromatic rings. The average molecular weight is 302 g/mol. The van der Waals surface area contributed by atoms with E-state index < -0.39 is 18.5 Å². The lowest BCUT2D eigenvalue weighted by Crippen LogP contribution is -2.29. The summed E-state index contributed by atoms with van der Waals surface area (Å²) in [5, 5.41) is 10.9. The molecule has 0 spiro atoms. The molecular weight excluding hydrogens is 293 g/mol. The average Bonchev–Trinajstić information content (AvgIpc) is 2.39. The lowest BCUT2D eigenvalue weighted by molar-refractivity contribution is -0.124. The summed E-state index contributed by atoms with van der Waals surface area (Å²) in [5.74, 6) is -1.22. The maximum absolute atomic E-state index is 11.5. The molecule has 1 amide bonds. The van der Waals surface area contributed by atoms with Crippen LogP contribution in [0.5, 0.6) is 0 Å². The fourth-order valence-corrected chi connectivity index (χ4v) is 1.33. The predicted octanol–water partition coefficient (Wildman–Crippen LogP) is 1.58. The minimum Gasteiger partial charge on any atom is -0.452 e. The quantitative estimate of drug-likeness (QED) is 0.506. The van der Waals surface area contributed by atoms with Gasteiger partial charge in [0.1, 0.15) is 5.15 Å². The molecule has 0 saturated carbocycles. The van der Waals surface area contributed by atoms with Gasteiger partial charge in [-0.05, 0) is 6.07 Å². The van der Waals surface area contributed by atoms with Gasteiger partial charge in [-0.15, -0.1) is 0 Å². The fraction of sp³-hybridized carbons (Fsp3) is 0.273. The molecule has 19 heavy (non-hydrogen) atoms. The number of hydrogen-bond donors (Lipinski definition) is 1. The minimum atomic E-state index is -0.735. The Morgan fingerprint density at radius 3 is 2.84 bits per heavy atom. The summed E-state index contributed by atoms with van der Waals surface area (Å²) in [4.78, 5) is 26.4. The van der Waals surface area contributed by atoms with E-state index in [1.165, 1.54) is 12.3 Å². The van der Waals surface area contributed by atoms with E-state index in [2.05, 4.69) is 10.3 Å². The third-order valence-electron chi connectivity index (χ3n) is 1.93. The van der Waals surface area contributed by atoms with Crippen molar-refractivity contribution in [1.29, 1.82) is 5.26 Å². The molecule has 0 atom stereocenters. The minimum absolute atomic E-state index is 0.0764. The number of nitrogens with one attached hydrogen (secondary N) is 1. The van der Waals surface area contributed by atoms with E-state index in [1.807, 2.05) is 6.07 Å².